The third-order valence-electron chi connectivity index (χ3n) is 5.23. The standard InChI is InChI=1S/2C8H8O2.2C7H6N2.Cu/c2*1-6-2-4-7(5-3-6)8(9)10;2*1-2-4-7-6(3-1)8-5-9-7;/h2*2-5H,1H3,(H,9,10);2*1-5H,(H,8,9);/q;;;;+2/p-2. The molecule has 0 amide bonds. The number of H-pyrrole nitrogens is 2. The number of imidazole rings is 2. The van der Waals surface area contributed by atoms with Gasteiger partial charge in [0.15, 0.2) is 0 Å². The maximum atomic E-state index is 10.2. The second-order valence-corrected chi connectivity index (χ2v) is 8.15. The molecule has 0 saturated heterocycles. The summed E-state index contributed by atoms with van der Waals surface area (Å²) in [5, 5.41) is 20.4. The van der Waals surface area contributed by atoms with E-state index in [1.165, 1.54) is 24.3 Å². The Morgan fingerprint density at radius 3 is 1.21 bits per heavy atom. The van der Waals surface area contributed by atoms with Gasteiger partial charge in [-0.15, -0.1) is 0 Å². The summed E-state index contributed by atoms with van der Waals surface area (Å²) in [6, 6.07) is 29.0. The van der Waals surface area contributed by atoms with Crippen molar-refractivity contribution in [1.82, 2.24) is 19.9 Å². The van der Waals surface area contributed by atoms with Gasteiger partial charge in [-0.05, 0) is 49.2 Å². The second kappa shape index (κ2) is 15.5. The molecule has 0 aliphatic heterocycles. The predicted octanol–water partition coefficient (Wildman–Crippen LogP) is 3.84. The summed E-state index contributed by atoms with van der Waals surface area (Å²) in [5.41, 5.74) is 6.79. The zero-order valence-electron chi connectivity index (χ0n) is 21.2. The van der Waals surface area contributed by atoms with Crippen molar-refractivity contribution in [2.45, 2.75) is 13.8 Å². The smallest absolute Gasteiger partial charge is 0.545 e. The van der Waals surface area contributed by atoms with Crippen LogP contribution in [0.15, 0.2) is 110 Å². The minimum Gasteiger partial charge on any atom is -0.545 e. The first-order valence-corrected chi connectivity index (χ1v) is 11.7. The zero-order chi connectivity index (χ0) is 27.3. The van der Waals surface area contributed by atoms with Gasteiger partial charge in [0.25, 0.3) is 0 Å². The van der Waals surface area contributed by atoms with Crippen LogP contribution >= 0.6 is 0 Å². The number of nitrogens with one attached hydrogen (secondary N) is 2. The van der Waals surface area contributed by atoms with E-state index in [1.54, 1.807) is 36.9 Å². The molecular formula is C30H26CuN4O4. The topological polar surface area (TPSA) is 138 Å². The van der Waals surface area contributed by atoms with E-state index in [-0.39, 0.29) is 28.2 Å². The van der Waals surface area contributed by atoms with Crippen molar-refractivity contribution < 1.29 is 36.9 Å². The number of nitrogens with zero attached hydrogens (tertiary/aromatic N) is 2. The molecule has 2 aromatic heterocycles. The summed E-state index contributed by atoms with van der Waals surface area (Å²) in [6.45, 7) is 3.80. The summed E-state index contributed by atoms with van der Waals surface area (Å²) >= 11 is 0. The fraction of sp³-hybridized carbons (Fsp3) is 0.0667. The van der Waals surface area contributed by atoms with Crippen LogP contribution in [0.2, 0.25) is 0 Å². The molecule has 2 heterocycles. The van der Waals surface area contributed by atoms with Crippen LogP contribution in [0.1, 0.15) is 31.8 Å². The van der Waals surface area contributed by atoms with Gasteiger partial charge in [-0.2, -0.15) is 0 Å². The molecular weight excluding hydrogens is 544 g/mol. The number of aromatic amines is 2. The minimum atomic E-state index is -1.12. The third-order valence-corrected chi connectivity index (χ3v) is 5.23. The number of para-hydroxylation sites is 4. The number of benzene rings is 4. The fourth-order valence-electron chi connectivity index (χ4n) is 3.14. The molecule has 6 rings (SSSR count). The van der Waals surface area contributed by atoms with Gasteiger partial charge in [0.05, 0.1) is 46.7 Å². The van der Waals surface area contributed by atoms with E-state index in [0.717, 1.165) is 33.2 Å². The molecule has 0 unspecified atom stereocenters. The van der Waals surface area contributed by atoms with E-state index in [2.05, 4.69) is 19.9 Å². The Balaban J connectivity index is 0.000000181. The van der Waals surface area contributed by atoms with E-state index in [9.17, 15) is 19.8 Å². The Labute approximate surface area is 236 Å². The number of aromatic carboxylic acids is 2. The summed E-state index contributed by atoms with van der Waals surface area (Å²) in [5.74, 6) is -2.25. The third kappa shape index (κ3) is 9.92. The first kappa shape index (κ1) is 30.5. The van der Waals surface area contributed by atoms with Gasteiger partial charge in [0, 0.05) is 0 Å². The predicted molar refractivity (Wildman–Crippen MR) is 143 cm³/mol. The number of carbonyl (C=O) groups is 2. The van der Waals surface area contributed by atoms with Gasteiger partial charge in [-0.3, -0.25) is 0 Å². The number of carboxylic acid groups (broad SMARTS) is 2. The number of fused-ring (bicyclic) bond motifs is 2. The van der Waals surface area contributed by atoms with Gasteiger partial charge >= 0.3 is 17.1 Å². The number of carboxylic acids is 2. The Morgan fingerprint density at radius 1 is 0.564 bits per heavy atom. The van der Waals surface area contributed by atoms with Crippen LogP contribution in [0.3, 0.4) is 0 Å². The second-order valence-electron chi connectivity index (χ2n) is 8.15. The first-order valence-electron chi connectivity index (χ1n) is 11.7. The van der Waals surface area contributed by atoms with Crippen LogP contribution in [-0.4, -0.2) is 31.9 Å². The summed E-state index contributed by atoms with van der Waals surface area (Å²) < 4.78 is 0. The van der Waals surface area contributed by atoms with E-state index >= 15 is 0 Å². The molecule has 6 aromatic rings. The molecule has 4 aromatic carbocycles. The van der Waals surface area contributed by atoms with Gasteiger partial charge in [0.1, 0.15) is 0 Å². The number of hydrogen-bond acceptors (Lipinski definition) is 6. The summed E-state index contributed by atoms with van der Waals surface area (Å²) in [7, 11) is 0. The molecule has 8 nitrogen and oxygen atoms in total. The molecule has 1 radical (unpaired) electrons. The molecule has 0 saturated carbocycles. The van der Waals surface area contributed by atoms with Crippen molar-refractivity contribution in [3.63, 3.8) is 0 Å². The van der Waals surface area contributed by atoms with Gasteiger partial charge in [0.2, 0.25) is 0 Å². The maximum absolute atomic E-state index is 10.2. The minimum absolute atomic E-state index is 0. The van der Waals surface area contributed by atoms with Gasteiger partial charge in [-0.25, -0.2) is 9.97 Å². The Bertz CT molecular complexity index is 1410. The van der Waals surface area contributed by atoms with Crippen LogP contribution in [0.5, 0.6) is 0 Å². The number of carbonyl (C=O) groups excluding carboxylic acids is 2. The monoisotopic (exact) mass is 569 g/mol. The Morgan fingerprint density at radius 2 is 0.897 bits per heavy atom. The first-order chi connectivity index (χ1) is 18.3. The summed E-state index contributed by atoms with van der Waals surface area (Å²) in [6.07, 6.45) is 3.40. The quantitative estimate of drug-likeness (QED) is 0.304. The van der Waals surface area contributed by atoms with E-state index in [1.807, 2.05) is 62.4 Å². The maximum Gasteiger partial charge on any atom is 2.00 e. The normalized spacial score (nSPS) is 9.49. The number of aryl methyl sites for hydroxylation is 2. The molecule has 0 fully saturated rings. The van der Waals surface area contributed by atoms with Gasteiger partial charge < -0.3 is 29.8 Å². The van der Waals surface area contributed by atoms with Crippen molar-refractivity contribution in [2.75, 3.05) is 0 Å². The summed E-state index contributed by atoms with van der Waals surface area (Å²) in [4.78, 5) is 34.5. The van der Waals surface area contributed by atoms with E-state index in [4.69, 9.17) is 0 Å². The van der Waals surface area contributed by atoms with Crippen molar-refractivity contribution in [2.24, 2.45) is 0 Å². The van der Waals surface area contributed by atoms with E-state index < -0.39 is 11.9 Å². The molecule has 39 heavy (non-hydrogen) atoms. The number of aromatic nitrogens is 4. The zero-order valence-corrected chi connectivity index (χ0v) is 22.2. The molecule has 0 atom stereocenters. The molecule has 0 aliphatic carbocycles. The molecule has 0 bridgehead atoms. The average Bonchev–Trinajstić information content (AvgIpc) is 3.60. The van der Waals surface area contributed by atoms with Crippen LogP contribution in [0.4, 0.5) is 0 Å². The molecule has 0 aliphatic rings. The van der Waals surface area contributed by atoms with E-state index in [0.29, 0.717) is 0 Å². The van der Waals surface area contributed by atoms with Crippen LogP contribution in [-0.2, 0) is 17.1 Å². The van der Waals surface area contributed by atoms with Gasteiger partial charge in [-0.1, -0.05) is 83.9 Å². The SMILES string of the molecule is Cc1ccc(C(=O)[O-])cc1.Cc1ccc(C(=O)[O-])cc1.[Cu+2].c1ccc2[nH]cnc2c1.c1ccc2[nH]cnc2c1. The largest absolute Gasteiger partial charge is 2.00 e. The number of rotatable bonds is 2. The molecule has 201 valence electrons. The fourth-order valence-corrected chi connectivity index (χ4v) is 3.14. The number of hydrogen-bond donors (Lipinski definition) is 2. The Kier molecular flexibility index (Phi) is 12.1. The molecule has 0 spiro atoms. The average molecular weight is 570 g/mol. The van der Waals surface area contributed by atoms with Crippen molar-refractivity contribution in [1.29, 1.82) is 0 Å². The van der Waals surface area contributed by atoms with Crippen LogP contribution < -0.4 is 10.2 Å². The molecule has 9 heteroatoms. The van der Waals surface area contributed by atoms with Crippen LogP contribution in [0, 0.1) is 13.8 Å². The molecule has 2 N–H and O–H groups in total. The van der Waals surface area contributed by atoms with Crippen LogP contribution in [0.25, 0.3) is 22.1 Å². The van der Waals surface area contributed by atoms with Crippen molar-refractivity contribution in [3.8, 4) is 0 Å². The van der Waals surface area contributed by atoms with Crippen molar-refractivity contribution in [3.05, 3.63) is 132 Å². The van der Waals surface area contributed by atoms with Crippen molar-refractivity contribution >= 4 is 34.0 Å². The Hall–Kier alpha value is -4.72.